The lowest BCUT2D eigenvalue weighted by atomic mass is 9.90. The zero-order chi connectivity index (χ0) is 14.3. The molecular formula is C14H28N2O3. The summed E-state index contributed by atoms with van der Waals surface area (Å²) >= 11 is 0. The highest BCUT2D eigenvalue weighted by atomic mass is 16.5. The Hall–Kier alpha value is -0.810. The largest absolute Gasteiger partial charge is 0.453 e. The number of carbonyl (C=O) groups is 1. The summed E-state index contributed by atoms with van der Waals surface area (Å²) in [5.74, 6) is 1.05. The predicted octanol–water partition coefficient (Wildman–Crippen LogP) is 1.46. The number of aliphatic hydroxyl groups is 1. The van der Waals surface area contributed by atoms with Crippen LogP contribution < -0.4 is 5.32 Å². The molecule has 2 N–H and O–H groups in total. The summed E-state index contributed by atoms with van der Waals surface area (Å²) in [5, 5.41) is 12.5. The molecule has 0 aromatic rings. The number of hydrogen-bond acceptors (Lipinski definition) is 4. The molecular weight excluding hydrogens is 244 g/mol. The van der Waals surface area contributed by atoms with Crippen LogP contribution in [0.2, 0.25) is 0 Å². The van der Waals surface area contributed by atoms with Crippen LogP contribution in [0.15, 0.2) is 0 Å². The minimum absolute atomic E-state index is 0.221. The molecule has 2 unspecified atom stereocenters. The van der Waals surface area contributed by atoms with Crippen LogP contribution in [0.25, 0.3) is 0 Å². The van der Waals surface area contributed by atoms with E-state index in [1.54, 1.807) is 4.90 Å². The van der Waals surface area contributed by atoms with Crippen molar-refractivity contribution in [1.82, 2.24) is 10.2 Å². The van der Waals surface area contributed by atoms with Crippen molar-refractivity contribution in [2.75, 3.05) is 33.4 Å². The highest BCUT2D eigenvalue weighted by molar-refractivity contribution is 5.67. The van der Waals surface area contributed by atoms with E-state index in [0.29, 0.717) is 17.9 Å². The van der Waals surface area contributed by atoms with Gasteiger partial charge in [0.1, 0.15) is 0 Å². The molecule has 2 atom stereocenters. The Morgan fingerprint density at radius 2 is 2.21 bits per heavy atom. The summed E-state index contributed by atoms with van der Waals surface area (Å²) in [6.45, 7) is 7.00. The monoisotopic (exact) mass is 272 g/mol. The third-order valence-corrected chi connectivity index (χ3v) is 3.56. The number of likely N-dealkylation sites (tertiary alicyclic amines) is 1. The first-order valence-electron chi connectivity index (χ1n) is 7.24. The van der Waals surface area contributed by atoms with Gasteiger partial charge in [-0.15, -0.1) is 0 Å². The van der Waals surface area contributed by atoms with Gasteiger partial charge in [0, 0.05) is 25.7 Å². The molecule has 5 nitrogen and oxygen atoms in total. The lowest BCUT2D eigenvalue weighted by Crippen LogP contribution is -2.51. The molecule has 0 aromatic heterocycles. The quantitative estimate of drug-likeness (QED) is 0.768. The second-order valence-corrected chi connectivity index (χ2v) is 5.84. The van der Waals surface area contributed by atoms with E-state index in [4.69, 9.17) is 9.84 Å². The van der Waals surface area contributed by atoms with E-state index in [0.717, 1.165) is 38.9 Å². The topological polar surface area (TPSA) is 61.8 Å². The molecule has 19 heavy (non-hydrogen) atoms. The predicted molar refractivity (Wildman–Crippen MR) is 75.0 cm³/mol. The SMILES string of the molecule is COC(=O)N1CC(CCCO)CC(NCC(C)C)C1. The maximum Gasteiger partial charge on any atom is 0.409 e. The highest BCUT2D eigenvalue weighted by Gasteiger charge is 2.29. The fraction of sp³-hybridized carbons (Fsp3) is 0.929. The zero-order valence-corrected chi connectivity index (χ0v) is 12.4. The molecule has 1 saturated heterocycles. The van der Waals surface area contributed by atoms with Crippen LogP contribution in [0.5, 0.6) is 0 Å². The van der Waals surface area contributed by atoms with Crippen molar-refractivity contribution in [3.05, 3.63) is 0 Å². The van der Waals surface area contributed by atoms with Crippen molar-refractivity contribution in [3.63, 3.8) is 0 Å². The molecule has 5 heteroatoms. The third-order valence-electron chi connectivity index (χ3n) is 3.56. The van der Waals surface area contributed by atoms with Crippen molar-refractivity contribution in [1.29, 1.82) is 0 Å². The van der Waals surface area contributed by atoms with Gasteiger partial charge in [0.05, 0.1) is 7.11 Å². The van der Waals surface area contributed by atoms with Crippen LogP contribution in [0.1, 0.15) is 33.1 Å². The Morgan fingerprint density at radius 1 is 1.47 bits per heavy atom. The van der Waals surface area contributed by atoms with Crippen LogP contribution in [0.4, 0.5) is 4.79 Å². The lowest BCUT2D eigenvalue weighted by molar-refractivity contribution is 0.0870. The van der Waals surface area contributed by atoms with E-state index in [-0.39, 0.29) is 12.7 Å². The van der Waals surface area contributed by atoms with Gasteiger partial charge >= 0.3 is 6.09 Å². The molecule has 1 heterocycles. The molecule has 1 aliphatic rings. The van der Waals surface area contributed by atoms with Crippen molar-refractivity contribution in [3.8, 4) is 0 Å². The van der Waals surface area contributed by atoms with E-state index in [1.165, 1.54) is 7.11 Å². The molecule has 0 radical (unpaired) electrons. The minimum Gasteiger partial charge on any atom is -0.453 e. The number of nitrogens with zero attached hydrogens (tertiary/aromatic N) is 1. The smallest absolute Gasteiger partial charge is 0.409 e. The Bertz CT molecular complexity index is 271. The molecule has 0 aliphatic carbocycles. The van der Waals surface area contributed by atoms with E-state index in [9.17, 15) is 4.79 Å². The number of aliphatic hydroxyl groups excluding tert-OH is 1. The van der Waals surface area contributed by atoms with Crippen LogP contribution in [0.3, 0.4) is 0 Å². The molecule has 1 amide bonds. The molecule has 1 aliphatic heterocycles. The first-order chi connectivity index (χ1) is 9.06. The summed E-state index contributed by atoms with van der Waals surface area (Å²) < 4.78 is 4.83. The average molecular weight is 272 g/mol. The van der Waals surface area contributed by atoms with E-state index in [2.05, 4.69) is 19.2 Å². The second-order valence-electron chi connectivity index (χ2n) is 5.84. The Labute approximate surface area is 116 Å². The van der Waals surface area contributed by atoms with Gasteiger partial charge in [-0.25, -0.2) is 4.79 Å². The Kier molecular flexibility index (Phi) is 7.16. The number of ether oxygens (including phenoxy) is 1. The van der Waals surface area contributed by atoms with Crippen molar-refractivity contribution >= 4 is 6.09 Å². The highest BCUT2D eigenvalue weighted by Crippen LogP contribution is 2.22. The standard InChI is InChI=1S/C14H28N2O3/c1-11(2)8-15-13-7-12(5-4-6-17)9-16(10-13)14(18)19-3/h11-13,15,17H,4-10H2,1-3H3. The van der Waals surface area contributed by atoms with E-state index in [1.807, 2.05) is 0 Å². The summed E-state index contributed by atoms with van der Waals surface area (Å²) in [5.41, 5.74) is 0. The number of carbonyl (C=O) groups excluding carboxylic acids is 1. The number of methoxy groups -OCH3 is 1. The second kappa shape index (κ2) is 8.38. The van der Waals surface area contributed by atoms with Crippen LogP contribution >= 0.6 is 0 Å². The van der Waals surface area contributed by atoms with Gasteiger partial charge in [0.25, 0.3) is 0 Å². The van der Waals surface area contributed by atoms with Gasteiger partial charge < -0.3 is 20.1 Å². The summed E-state index contributed by atoms with van der Waals surface area (Å²) in [6.07, 6.45) is 2.59. The van der Waals surface area contributed by atoms with Crippen LogP contribution in [-0.2, 0) is 4.74 Å². The van der Waals surface area contributed by atoms with Crippen molar-refractivity contribution < 1.29 is 14.6 Å². The fourth-order valence-electron chi connectivity index (χ4n) is 2.62. The van der Waals surface area contributed by atoms with Gasteiger partial charge in [-0.1, -0.05) is 13.8 Å². The van der Waals surface area contributed by atoms with E-state index >= 15 is 0 Å². The molecule has 0 bridgehead atoms. The molecule has 0 saturated carbocycles. The number of piperidine rings is 1. The summed E-state index contributed by atoms with van der Waals surface area (Å²) in [4.78, 5) is 13.5. The molecule has 112 valence electrons. The summed E-state index contributed by atoms with van der Waals surface area (Å²) in [6, 6.07) is 0.332. The minimum atomic E-state index is -0.245. The first kappa shape index (κ1) is 16.2. The molecule has 1 rings (SSSR count). The van der Waals surface area contributed by atoms with Crippen molar-refractivity contribution in [2.45, 2.75) is 39.2 Å². The fourth-order valence-corrected chi connectivity index (χ4v) is 2.62. The van der Waals surface area contributed by atoms with Gasteiger partial charge in [-0.3, -0.25) is 0 Å². The molecule has 0 spiro atoms. The first-order valence-corrected chi connectivity index (χ1v) is 7.24. The van der Waals surface area contributed by atoms with Crippen LogP contribution in [-0.4, -0.2) is 55.5 Å². The van der Waals surface area contributed by atoms with Gasteiger partial charge in [0.2, 0.25) is 0 Å². The molecule has 1 fully saturated rings. The lowest BCUT2D eigenvalue weighted by Gasteiger charge is -2.37. The number of rotatable bonds is 6. The average Bonchev–Trinajstić information content (AvgIpc) is 2.41. The van der Waals surface area contributed by atoms with Gasteiger partial charge in [-0.05, 0) is 37.6 Å². The number of amides is 1. The van der Waals surface area contributed by atoms with Crippen molar-refractivity contribution in [2.24, 2.45) is 11.8 Å². The number of hydrogen-bond donors (Lipinski definition) is 2. The zero-order valence-electron chi connectivity index (χ0n) is 12.4. The third kappa shape index (κ3) is 5.78. The normalized spacial score (nSPS) is 23.7. The molecule has 0 aromatic carbocycles. The Balaban J connectivity index is 2.53. The van der Waals surface area contributed by atoms with Gasteiger partial charge in [-0.2, -0.15) is 0 Å². The maximum absolute atomic E-state index is 11.7. The Morgan fingerprint density at radius 3 is 2.79 bits per heavy atom. The maximum atomic E-state index is 11.7. The number of nitrogens with one attached hydrogen (secondary N) is 1. The van der Waals surface area contributed by atoms with Gasteiger partial charge in [0.15, 0.2) is 0 Å². The summed E-state index contributed by atoms with van der Waals surface area (Å²) in [7, 11) is 1.43. The van der Waals surface area contributed by atoms with Crippen LogP contribution in [0, 0.1) is 11.8 Å². The van der Waals surface area contributed by atoms with E-state index < -0.39 is 0 Å².